The smallest absolute Gasteiger partial charge is 0.0908 e. The van der Waals surface area contributed by atoms with Crippen molar-refractivity contribution in [1.82, 2.24) is 0 Å². The van der Waals surface area contributed by atoms with Crippen molar-refractivity contribution in [1.29, 1.82) is 0 Å². The Morgan fingerprint density at radius 1 is 0.304 bits per heavy atom. The molecule has 56 heavy (non-hydrogen) atoms. The van der Waals surface area contributed by atoms with Gasteiger partial charge in [0.1, 0.15) is 0 Å². The molecule has 6 aliphatic heterocycles. The van der Waals surface area contributed by atoms with Crippen molar-refractivity contribution in [2.45, 2.75) is 120 Å². The number of hydrogen-bond donors (Lipinski definition) is 0. The zero-order chi connectivity index (χ0) is 39.1. The standard InChI is InChI=1S/C15H30O2P2.2C14H28O2P2.Tc/c1-18(10-7-14-5-3-8-16-14)11-12-19(2)13-15-6-4-9-17-15;2*1-17(11-13-5-3-7-15-13)9-10-18(2)12-14-6-4-8-16-14;/h14-15H,3-13H2,1-2H3;2*13-14H,3-12H2,1-2H3;/p+6/i;;;1+1. The summed E-state index contributed by atoms with van der Waals surface area (Å²) in [5, 5.41) is 0. The molecule has 6 aliphatic rings. The van der Waals surface area contributed by atoms with E-state index in [1.807, 2.05) is 0 Å². The van der Waals surface area contributed by atoms with E-state index in [0.29, 0.717) is 36.6 Å². The summed E-state index contributed by atoms with van der Waals surface area (Å²) in [4.78, 5) is 0. The molecule has 1 radical (unpaired) electrons. The first kappa shape index (κ1) is 53.3. The van der Waals surface area contributed by atoms with Crippen LogP contribution in [-0.2, 0) is 48.5 Å². The molecule has 6 nitrogen and oxygen atoms in total. The third kappa shape index (κ3) is 24.7. The second-order valence-electron chi connectivity index (χ2n) is 18.6. The van der Waals surface area contributed by atoms with Gasteiger partial charge in [0.05, 0.1) is 111 Å². The maximum absolute atomic E-state index is 5.76. The third-order valence-electron chi connectivity index (χ3n) is 12.9. The molecule has 6 saturated heterocycles. The molecule has 12 unspecified atom stereocenters. The zero-order valence-corrected chi connectivity index (χ0v) is 45.1. The Labute approximate surface area is 367 Å². The van der Waals surface area contributed by atoms with Crippen LogP contribution in [0.15, 0.2) is 0 Å². The van der Waals surface area contributed by atoms with Gasteiger partial charge in [-0.1, -0.05) is 0 Å². The Balaban J connectivity index is 0.000000223. The Bertz CT molecular complexity index is 833. The van der Waals surface area contributed by atoms with Crippen molar-refractivity contribution >= 4 is 47.5 Å². The molecule has 0 bridgehead atoms. The molecule has 0 aromatic carbocycles. The summed E-state index contributed by atoms with van der Waals surface area (Å²) in [5.74, 6) is 0. The first-order chi connectivity index (χ1) is 26.7. The zero-order valence-electron chi connectivity index (χ0n) is 37.2. The maximum atomic E-state index is 5.76. The van der Waals surface area contributed by atoms with Crippen LogP contribution in [0.1, 0.15) is 83.5 Å². The molecule has 6 fully saturated rings. The van der Waals surface area contributed by atoms with Crippen LogP contribution in [0.2, 0.25) is 0 Å². The molecule has 0 saturated carbocycles. The molecule has 6 rings (SSSR count). The molecule has 0 aromatic heterocycles. The van der Waals surface area contributed by atoms with Gasteiger partial charge in [-0.05, 0) is 77.0 Å². The largest absolute Gasteiger partial charge is 0.378 e. The molecule has 0 aliphatic carbocycles. The van der Waals surface area contributed by atoms with Gasteiger partial charge in [-0.2, -0.15) is 0 Å². The first-order valence-electron chi connectivity index (χ1n) is 23.3. The van der Waals surface area contributed by atoms with E-state index in [9.17, 15) is 0 Å². The van der Waals surface area contributed by atoms with Gasteiger partial charge in [0.15, 0.2) is 0 Å². The summed E-state index contributed by atoms with van der Waals surface area (Å²) in [5.41, 5.74) is 0. The fourth-order valence-corrected chi connectivity index (χ4v) is 27.0. The van der Waals surface area contributed by atoms with Crippen LogP contribution in [0.25, 0.3) is 0 Å². The van der Waals surface area contributed by atoms with Gasteiger partial charge in [-0.15, -0.1) is 0 Å². The summed E-state index contributed by atoms with van der Waals surface area (Å²) >= 11 is 0. The van der Waals surface area contributed by atoms with E-state index in [-0.39, 0.29) is 67.6 Å². The fraction of sp³-hybridized carbons (Fsp3) is 1.00. The van der Waals surface area contributed by atoms with Crippen molar-refractivity contribution in [3.05, 3.63) is 0 Å². The van der Waals surface area contributed by atoms with E-state index in [2.05, 4.69) is 40.0 Å². The molecule has 0 amide bonds. The Hall–Kier alpha value is 2.99. The van der Waals surface area contributed by atoms with E-state index >= 15 is 0 Å². The maximum Gasteiger partial charge on any atom is 0.0908 e. The molecule has 0 aromatic rings. The monoisotopic (exact) mass is 989 g/mol. The topological polar surface area (TPSA) is 55.4 Å². The average molecular weight is 990 g/mol. The summed E-state index contributed by atoms with van der Waals surface area (Å²) in [6.45, 7) is 21.2. The SMILES string of the molecule is C[PH+](CCC1CCCO1)CC[PH+](C)CC1CCCO1.C[PH+](CC[PH+](C)CC1CCCO1)CC1CCCO1.C[PH+](CC[PH+](C)CC1CCCO1)CC1CCCO1.[99Tc]. The minimum absolute atomic E-state index is 0. The quantitative estimate of drug-likeness (QED) is 0.101. The van der Waals surface area contributed by atoms with Gasteiger partial charge in [0.2, 0.25) is 0 Å². The summed E-state index contributed by atoms with van der Waals surface area (Å²) in [6.07, 6.45) is 38.2. The Morgan fingerprint density at radius 2 is 0.518 bits per heavy atom. The summed E-state index contributed by atoms with van der Waals surface area (Å²) < 4.78 is 34.5. The Morgan fingerprint density at radius 3 is 0.732 bits per heavy atom. The van der Waals surface area contributed by atoms with E-state index in [1.54, 1.807) is 0 Å². The predicted octanol–water partition coefficient (Wildman–Crippen LogP) is 9.48. The molecule has 331 valence electrons. The van der Waals surface area contributed by atoms with Crippen LogP contribution in [0, 0.1) is 0 Å². The second-order valence-corrected chi connectivity index (χ2v) is 35.6. The molecule has 0 N–H and O–H groups in total. The van der Waals surface area contributed by atoms with Gasteiger partial charge in [0.25, 0.3) is 0 Å². The van der Waals surface area contributed by atoms with E-state index in [4.69, 9.17) is 28.4 Å². The molecule has 0 spiro atoms. The minimum Gasteiger partial charge on any atom is -0.378 e. The van der Waals surface area contributed by atoms with Crippen molar-refractivity contribution in [2.24, 2.45) is 0 Å². The summed E-state index contributed by atoms with van der Waals surface area (Å²) in [6, 6.07) is 0. The molecular weight excluding hydrogens is 897 g/mol. The fourth-order valence-electron chi connectivity index (χ4n) is 9.16. The predicted molar refractivity (Wildman–Crippen MR) is 262 cm³/mol. The molecule has 6 heterocycles. The second kappa shape index (κ2) is 32.6. The van der Waals surface area contributed by atoms with Crippen molar-refractivity contribution < 1.29 is 48.5 Å². The summed E-state index contributed by atoms with van der Waals surface area (Å²) in [7, 11) is -0.798. The van der Waals surface area contributed by atoms with Gasteiger partial charge < -0.3 is 28.4 Å². The van der Waals surface area contributed by atoms with E-state index < -0.39 is 0 Å². The molecule has 13 heteroatoms. The Kier molecular flexibility index (Phi) is 31.1. The number of ether oxygens (including phenoxy) is 6. The van der Waals surface area contributed by atoms with E-state index in [1.165, 1.54) is 157 Å². The van der Waals surface area contributed by atoms with Gasteiger partial charge in [-0.3, -0.25) is 0 Å². The van der Waals surface area contributed by atoms with Gasteiger partial charge in [-0.25, -0.2) is 0 Å². The minimum atomic E-state index is -0.141. The number of rotatable bonds is 22. The van der Waals surface area contributed by atoms with Crippen LogP contribution >= 0.6 is 47.5 Å². The number of hydrogen-bond acceptors (Lipinski definition) is 6. The van der Waals surface area contributed by atoms with E-state index in [0.717, 1.165) is 39.6 Å². The van der Waals surface area contributed by atoms with Crippen LogP contribution in [-0.4, -0.2) is 190 Å². The van der Waals surface area contributed by atoms with Crippen LogP contribution in [0.4, 0.5) is 0 Å². The van der Waals surface area contributed by atoms with Crippen molar-refractivity contribution in [2.75, 3.05) is 154 Å². The third-order valence-corrected chi connectivity index (χ3v) is 27.9. The van der Waals surface area contributed by atoms with Gasteiger partial charge >= 0.3 is 0 Å². The van der Waals surface area contributed by atoms with Crippen molar-refractivity contribution in [3.8, 4) is 0 Å². The average Bonchev–Trinajstić information content (AvgIpc) is 4.02. The molecular formula is C43H92O6P6Tc+6. The normalized spacial score (nSPS) is 30.8. The van der Waals surface area contributed by atoms with Crippen LogP contribution in [0.5, 0.6) is 0 Å². The molecule has 12 atom stereocenters. The van der Waals surface area contributed by atoms with Gasteiger partial charge in [0, 0.05) is 154 Å². The van der Waals surface area contributed by atoms with Crippen molar-refractivity contribution in [3.63, 3.8) is 0 Å². The van der Waals surface area contributed by atoms with Crippen LogP contribution in [0.3, 0.4) is 0 Å². The van der Waals surface area contributed by atoms with Crippen LogP contribution < -0.4 is 0 Å². The first-order valence-corrected chi connectivity index (χ1v) is 37.8.